The van der Waals surface area contributed by atoms with E-state index in [2.05, 4.69) is 17.6 Å². The second kappa shape index (κ2) is 7.84. The quantitative estimate of drug-likeness (QED) is 0.730. The van der Waals surface area contributed by atoms with Crippen LogP contribution in [0.15, 0.2) is 24.3 Å². The Morgan fingerprint density at radius 1 is 1.44 bits per heavy atom. The minimum Gasteiger partial charge on any atom is -0.385 e. The molecule has 0 fully saturated rings. The highest BCUT2D eigenvalue weighted by atomic mass is 16.5. The summed E-state index contributed by atoms with van der Waals surface area (Å²) in [6.07, 6.45) is 1.23. The molecule has 4 heteroatoms. The predicted molar refractivity (Wildman–Crippen MR) is 73.7 cm³/mol. The fraction of sp³-hybridized carbons (Fsp3) is 0.500. The molecule has 0 spiro atoms. The minimum atomic E-state index is 0.0290. The van der Waals surface area contributed by atoms with Crippen LogP contribution in [0.25, 0.3) is 0 Å². The van der Waals surface area contributed by atoms with Gasteiger partial charge in [0, 0.05) is 31.9 Å². The summed E-state index contributed by atoms with van der Waals surface area (Å²) in [5.74, 6) is 0.0290. The normalized spacial score (nSPS) is 12.2. The highest BCUT2D eigenvalue weighted by Gasteiger charge is 2.05. The molecule has 0 saturated carbocycles. The molecular weight excluding hydrogens is 228 g/mol. The van der Waals surface area contributed by atoms with Crippen molar-refractivity contribution in [2.24, 2.45) is 0 Å². The fourth-order valence-electron chi connectivity index (χ4n) is 1.65. The van der Waals surface area contributed by atoms with Gasteiger partial charge < -0.3 is 15.4 Å². The van der Waals surface area contributed by atoms with Gasteiger partial charge in [0.25, 0.3) is 0 Å². The van der Waals surface area contributed by atoms with Crippen LogP contribution in [0.3, 0.4) is 0 Å². The molecule has 100 valence electrons. The zero-order valence-electron chi connectivity index (χ0n) is 11.3. The van der Waals surface area contributed by atoms with Crippen LogP contribution in [-0.2, 0) is 9.53 Å². The topological polar surface area (TPSA) is 50.4 Å². The Morgan fingerprint density at radius 2 is 2.22 bits per heavy atom. The third kappa shape index (κ3) is 4.85. The van der Waals surface area contributed by atoms with Gasteiger partial charge in [-0.3, -0.25) is 4.79 Å². The fourth-order valence-corrected chi connectivity index (χ4v) is 1.65. The van der Waals surface area contributed by atoms with Crippen LogP contribution in [0.2, 0.25) is 0 Å². The molecule has 0 saturated heterocycles. The first-order valence-electron chi connectivity index (χ1n) is 6.23. The van der Waals surface area contributed by atoms with E-state index >= 15 is 0 Å². The zero-order chi connectivity index (χ0) is 13.4. The Labute approximate surface area is 109 Å². The van der Waals surface area contributed by atoms with E-state index in [0.29, 0.717) is 13.0 Å². The Bertz CT molecular complexity index is 380. The first-order chi connectivity index (χ1) is 8.67. The molecule has 4 nitrogen and oxygen atoms in total. The lowest BCUT2D eigenvalue weighted by molar-refractivity contribution is -0.116. The Kier molecular flexibility index (Phi) is 6.39. The SMILES string of the molecule is CNC(C)c1cccc(NC(=O)CCCOC)c1. The minimum absolute atomic E-state index is 0.0290. The van der Waals surface area contributed by atoms with Crippen molar-refractivity contribution in [3.05, 3.63) is 29.8 Å². The molecule has 1 amide bonds. The van der Waals surface area contributed by atoms with Gasteiger partial charge in [-0.25, -0.2) is 0 Å². The summed E-state index contributed by atoms with van der Waals surface area (Å²) in [6, 6.07) is 8.17. The third-order valence-electron chi connectivity index (χ3n) is 2.86. The molecule has 0 aliphatic heterocycles. The second-order valence-electron chi connectivity index (χ2n) is 4.28. The smallest absolute Gasteiger partial charge is 0.224 e. The molecular formula is C14H22N2O2. The maximum absolute atomic E-state index is 11.7. The first kappa shape index (κ1) is 14.7. The summed E-state index contributed by atoms with van der Waals surface area (Å²) in [6.45, 7) is 2.70. The molecule has 18 heavy (non-hydrogen) atoms. The van der Waals surface area contributed by atoms with Gasteiger partial charge in [0.1, 0.15) is 0 Å². The van der Waals surface area contributed by atoms with E-state index in [9.17, 15) is 4.79 Å². The molecule has 0 bridgehead atoms. The Morgan fingerprint density at radius 3 is 2.89 bits per heavy atom. The number of methoxy groups -OCH3 is 1. The van der Waals surface area contributed by atoms with Crippen LogP contribution in [0, 0.1) is 0 Å². The van der Waals surface area contributed by atoms with E-state index in [1.54, 1.807) is 7.11 Å². The van der Waals surface area contributed by atoms with E-state index in [0.717, 1.165) is 17.7 Å². The third-order valence-corrected chi connectivity index (χ3v) is 2.86. The van der Waals surface area contributed by atoms with Crippen molar-refractivity contribution >= 4 is 11.6 Å². The van der Waals surface area contributed by atoms with Crippen LogP contribution >= 0.6 is 0 Å². The van der Waals surface area contributed by atoms with Gasteiger partial charge in [-0.15, -0.1) is 0 Å². The largest absolute Gasteiger partial charge is 0.385 e. The number of rotatable bonds is 7. The lowest BCUT2D eigenvalue weighted by Gasteiger charge is -2.12. The molecule has 1 rings (SSSR count). The number of ether oxygens (including phenoxy) is 1. The summed E-state index contributed by atoms with van der Waals surface area (Å²) in [5, 5.41) is 6.07. The summed E-state index contributed by atoms with van der Waals surface area (Å²) in [7, 11) is 3.56. The lowest BCUT2D eigenvalue weighted by atomic mass is 10.1. The predicted octanol–water partition coefficient (Wildman–Crippen LogP) is 2.33. The van der Waals surface area contributed by atoms with E-state index in [1.807, 2.05) is 31.3 Å². The van der Waals surface area contributed by atoms with Crippen molar-refractivity contribution in [3.63, 3.8) is 0 Å². The molecule has 1 unspecified atom stereocenters. The zero-order valence-corrected chi connectivity index (χ0v) is 11.3. The van der Waals surface area contributed by atoms with Crippen molar-refractivity contribution in [3.8, 4) is 0 Å². The van der Waals surface area contributed by atoms with Crippen LogP contribution in [0.4, 0.5) is 5.69 Å². The van der Waals surface area contributed by atoms with Crippen molar-refractivity contribution in [1.82, 2.24) is 5.32 Å². The highest BCUT2D eigenvalue weighted by Crippen LogP contribution is 2.17. The second-order valence-corrected chi connectivity index (χ2v) is 4.28. The van der Waals surface area contributed by atoms with Gasteiger partial charge in [-0.2, -0.15) is 0 Å². The maximum atomic E-state index is 11.7. The average molecular weight is 250 g/mol. The average Bonchev–Trinajstić information content (AvgIpc) is 2.38. The number of carbonyl (C=O) groups is 1. The number of nitrogens with one attached hydrogen (secondary N) is 2. The molecule has 0 aliphatic carbocycles. The number of benzene rings is 1. The van der Waals surface area contributed by atoms with E-state index < -0.39 is 0 Å². The summed E-state index contributed by atoms with van der Waals surface area (Å²) in [5.41, 5.74) is 2.00. The number of hydrogen-bond donors (Lipinski definition) is 2. The summed E-state index contributed by atoms with van der Waals surface area (Å²) >= 11 is 0. The highest BCUT2D eigenvalue weighted by molar-refractivity contribution is 5.90. The molecule has 0 aromatic heterocycles. The summed E-state index contributed by atoms with van der Waals surface area (Å²) in [4.78, 5) is 11.7. The van der Waals surface area contributed by atoms with Crippen molar-refractivity contribution in [1.29, 1.82) is 0 Å². The van der Waals surface area contributed by atoms with Gasteiger partial charge >= 0.3 is 0 Å². The molecule has 0 heterocycles. The number of hydrogen-bond acceptors (Lipinski definition) is 3. The van der Waals surface area contributed by atoms with Gasteiger partial charge in [0.2, 0.25) is 5.91 Å². The van der Waals surface area contributed by atoms with Crippen molar-refractivity contribution in [2.45, 2.75) is 25.8 Å². The van der Waals surface area contributed by atoms with Crippen molar-refractivity contribution < 1.29 is 9.53 Å². The monoisotopic (exact) mass is 250 g/mol. The summed E-state index contributed by atoms with van der Waals surface area (Å²) < 4.78 is 4.92. The van der Waals surface area contributed by atoms with Crippen LogP contribution in [0.5, 0.6) is 0 Å². The maximum Gasteiger partial charge on any atom is 0.224 e. The van der Waals surface area contributed by atoms with Gasteiger partial charge in [0.15, 0.2) is 0 Å². The number of anilines is 1. The van der Waals surface area contributed by atoms with Gasteiger partial charge in [-0.1, -0.05) is 12.1 Å². The molecule has 1 aromatic rings. The molecule has 0 radical (unpaired) electrons. The molecule has 0 aliphatic rings. The molecule has 2 N–H and O–H groups in total. The van der Waals surface area contributed by atoms with E-state index in [1.165, 1.54) is 0 Å². The number of carbonyl (C=O) groups excluding carboxylic acids is 1. The van der Waals surface area contributed by atoms with Crippen LogP contribution in [-0.4, -0.2) is 26.7 Å². The van der Waals surface area contributed by atoms with Crippen LogP contribution in [0.1, 0.15) is 31.4 Å². The number of amides is 1. The standard InChI is InChI=1S/C14H22N2O2/c1-11(15-2)12-6-4-7-13(10-12)16-14(17)8-5-9-18-3/h4,6-7,10-11,15H,5,8-9H2,1-3H3,(H,16,17). The van der Waals surface area contributed by atoms with E-state index in [4.69, 9.17) is 4.74 Å². The molecule has 1 aromatic carbocycles. The Hall–Kier alpha value is -1.39. The lowest BCUT2D eigenvalue weighted by Crippen LogP contribution is -2.14. The van der Waals surface area contributed by atoms with E-state index in [-0.39, 0.29) is 11.9 Å². The first-order valence-corrected chi connectivity index (χ1v) is 6.23. The van der Waals surface area contributed by atoms with Crippen LogP contribution < -0.4 is 10.6 Å². The molecule has 1 atom stereocenters. The van der Waals surface area contributed by atoms with Crippen molar-refractivity contribution in [2.75, 3.05) is 26.1 Å². The van der Waals surface area contributed by atoms with Gasteiger partial charge in [0.05, 0.1) is 0 Å². The Balaban J connectivity index is 2.53. The van der Waals surface area contributed by atoms with Gasteiger partial charge in [-0.05, 0) is 38.1 Å².